The average molecular weight is 139 g/mol. The van der Waals surface area contributed by atoms with Crippen LogP contribution in [0, 0.1) is 11.7 Å². The van der Waals surface area contributed by atoms with Gasteiger partial charge in [0.25, 0.3) is 0 Å². The molecule has 1 fully saturated rings. The number of ether oxygens (including phenoxy) is 1. The molecule has 2 N–H and O–H groups in total. The molecule has 0 saturated carbocycles. The SMILES string of the molecule is BC#CCNC1OC1CO. The van der Waals surface area contributed by atoms with Crippen molar-refractivity contribution in [2.24, 2.45) is 0 Å². The highest BCUT2D eigenvalue weighted by Crippen LogP contribution is 2.16. The molecule has 1 heterocycles. The van der Waals surface area contributed by atoms with Gasteiger partial charge in [-0.05, 0) is 0 Å². The molecule has 1 saturated heterocycles. The van der Waals surface area contributed by atoms with E-state index < -0.39 is 0 Å². The van der Waals surface area contributed by atoms with E-state index in [1.807, 2.05) is 0 Å². The minimum absolute atomic E-state index is 0.00124. The molecular formula is C6H10BNO2. The van der Waals surface area contributed by atoms with Crippen LogP contribution in [0.4, 0.5) is 0 Å². The van der Waals surface area contributed by atoms with Gasteiger partial charge in [0.15, 0.2) is 7.85 Å². The van der Waals surface area contributed by atoms with Crippen LogP contribution < -0.4 is 5.32 Å². The average Bonchev–Trinajstić information content (AvgIpc) is 2.68. The van der Waals surface area contributed by atoms with Crippen molar-refractivity contribution in [2.75, 3.05) is 13.2 Å². The summed E-state index contributed by atoms with van der Waals surface area (Å²) in [5, 5.41) is 11.5. The van der Waals surface area contributed by atoms with Crippen LogP contribution in [0.5, 0.6) is 0 Å². The second kappa shape index (κ2) is 3.62. The fourth-order valence-electron chi connectivity index (χ4n) is 0.701. The van der Waals surface area contributed by atoms with Crippen molar-refractivity contribution in [3.63, 3.8) is 0 Å². The summed E-state index contributed by atoms with van der Waals surface area (Å²) >= 11 is 0. The molecule has 0 aliphatic carbocycles. The molecule has 1 aliphatic rings. The molecule has 0 radical (unpaired) electrons. The Hall–Kier alpha value is -0.495. The fraction of sp³-hybridized carbons (Fsp3) is 0.667. The Bertz CT molecular complexity index is 163. The van der Waals surface area contributed by atoms with Gasteiger partial charge >= 0.3 is 0 Å². The minimum Gasteiger partial charge on any atom is -0.394 e. The third kappa shape index (κ3) is 2.03. The monoisotopic (exact) mass is 139 g/mol. The molecule has 0 amide bonds. The Labute approximate surface area is 61.2 Å². The lowest BCUT2D eigenvalue weighted by Crippen LogP contribution is -2.21. The van der Waals surface area contributed by atoms with Gasteiger partial charge in [-0.15, -0.1) is 5.92 Å². The van der Waals surface area contributed by atoms with Crippen LogP contribution >= 0.6 is 0 Å². The van der Waals surface area contributed by atoms with Crippen molar-refractivity contribution in [1.82, 2.24) is 5.32 Å². The lowest BCUT2D eigenvalue weighted by molar-refractivity contribution is 0.241. The summed E-state index contributed by atoms with van der Waals surface area (Å²) in [6.45, 7) is 0.731. The molecule has 0 aromatic carbocycles. The lowest BCUT2D eigenvalue weighted by atomic mass is 10.2. The van der Waals surface area contributed by atoms with Crippen LogP contribution in [0.2, 0.25) is 0 Å². The molecule has 4 heteroatoms. The third-order valence-corrected chi connectivity index (χ3v) is 1.33. The van der Waals surface area contributed by atoms with E-state index in [-0.39, 0.29) is 18.9 Å². The molecule has 0 aromatic heterocycles. The van der Waals surface area contributed by atoms with Crippen molar-refractivity contribution in [1.29, 1.82) is 0 Å². The summed E-state index contributed by atoms with van der Waals surface area (Å²) in [6.07, 6.45) is 0.0320. The highest BCUT2D eigenvalue weighted by molar-refractivity contribution is 6.22. The van der Waals surface area contributed by atoms with E-state index in [1.54, 1.807) is 7.85 Å². The second-order valence-electron chi connectivity index (χ2n) is 2.09. The molecule has 0 spiro atoms. The Morgan fingerprint density at radius 2 is 2.50 bits per heavy atom. The van der Waals surface area contributed by atoms with E-state index in [4.69, 9.17) is 9.84 Å². The number of nitrogens with one attached hydrogen (secondary N) is 1. The Morgan fingerprint density at radius 1 is 1.70 bits per heavy atom. The van der Waals surface area contributed by atoms with Crippen LogP contribution in [0.3, 0.4) is 0 Å². The number of aliphatic hydroxyl groups is 1. The van der Waals surface area contributed by atoms with Crippen molar-refractivity contribution < 1.29 is 9.84 Å². The zero-order valence-corrected chi connectivity index (χ0v) is 5.92. The molecule has 2 atom stereocenters. The van der Waals surface area contributed by atoms with Gasteiger partial charge in [0.1, 0.15) is 12.3 Å². The van der Waals surface area contributed by atoms with Gasteiger partial charge < -0.3 is 9.84 Å². The first kappa shape index (κ1) is 7.61. The van der Waals surface area contributed by atoms with Crippen LogP contribution in [-0.2, 0) is 4.74 Å². The largest absolute Gasteiger partial charge is 0.394 e. The van der Waals surface area contributed by atoms with Gasteiger partial charge in [0, 0.05) is 0 Å². The maximum absolute atomic E-state index is 8.53. The molecule has 0 bridgehead atoms. The van der Waals surface area contributed by atoms with E-state index in [0.717, 1.165) is 0 Å². The summed E-state index contributed by atoms with van der Waals surface area (Å²) in [4.78, 5) is 0. The van der Waals surface area contributed by atoms with Gasteiger partial charge in [0.2, 0.25) is 0 Å². The maximum atomic E-state index is 8.53. The number of hydrogen-bond donors (Lipinski definition) is 2. The Kier molecular flexibility index (Phi) is 2.75. The minimum atomic E-state index is -0.00124. The van der Waals surface area contributed by atoms with Crippen molar-refractivity contribution in [3.05, 3.63) is 0 Å². The Morgan fingerprint density at radius 3 is 3.00 bits per heavy atom. The first-order valence-corrected chi connectivity index (χ1v) is 3.27. The summed E-state index contributed by atoms with van der Waals surface area (Å²) in [7, 11) is 1.79. The quantitative estimate of drug-likeness (QED) is 0.267. The van der Waals surface area contributed by atoms with E-state index in [0.29, 0.717) is 6.54 Å². The standard InChI is InChI=1S/C6H10BNO2/c7-2-1-3-8-6-5(4-9)10-6/h5-6,8-9H,3-4,7H2. The predicted molar refractivity (Wildman–Crippen MR) is 40.1 cm³/mol. The Balaban J connectivity index is 2.00. The van der Waals surface area contributed by atoms with Crippen molar-refractivity contribution in [2.45, 2.75) is 12.3 Å². The summed E-state index contributed by atoms with van der Waals surface area (Å²) in [5.74, 6) is 5.59. The number of epoxide rings is 1. The number of rotatable bonds is 3. The van der Waals surface area contributed by atoms with Crippen LogP contribution in [0.25, 0.3) is 0 Å². The van der Waals surface area contributed by atoms with Gasteiger partial charge in [-0.3, -0.25) is 5.32 Å². The first-order valence-electron chi connectivity index (χ1n) is 3.27. The molecule has 54 valence electrons. The molecule has 10 heavy (non-hydrogen) atoms. The predicted octanol–water partition coefficient (Wildman–Crippen LogP) is -2.11. The summed E-state index contributed by atoms with van der Waals surface area (Å²) in [6, 6.07) is 0. The van der Waals surface area contributed by atoms with E-state index in [2.05, 4.69) is 17.1 Å². The van der Waals surface area contributed by atoms with Crippen molar-refractivity contribution >= 4 is 7.85 Å². The van der Waals surface area contributed by atoms with Crippen LogP contribution in [-0.4, -0.2) is 38.4 Å². The lowest BCUT2D eigenvalue weighted by Gasteiger charge is -1.89. The highest BCUT2D eigenvalue weighted by atomic mass is 16.6. The molecule has 2 unspecified atom stereocenters. The molecular weight excluding hydrogens is 129 g/mol. The fourth-order valence-corrected chi connectivity index (χ4v) is 0.701. The maximum Gasteiger partial charge on any atom is 0.195 e. The number of aliphatic hydroxyl groups excluding tert-OH is 1. The second-order valence-corrected chi connectivity index (χ2v) is 2.09. The zero-order valence-electron chi connectivity index (χ0n) is 5.92. The van der Waals surface area contributed by atoms with E-state index >= 15 is 0 Å². The van der Waals surface area contributed by atoms with Crippen LogP contribution in [0.1, 0.15) is 0 Å². The van der Waals surface area contributed by atoms with Crippen molar-refractivity contribution in [3.8, 4) is 11.7 Å². The first-order chi connectivity index (χ1) is 4.88. The molecule has 3 nitrogen and oxygen atoms in total. The highest BCUT2D eigenvalue weighted by Gasteiger charge is 2.37. The van der Waals surface area contributed by atoms with Gasteiger partial charge in [-0.2, -0.15) is 5.82 Å². The molecule has 1 rings (SSSR count). The third-order valence-electron chi connectivity index (χ3n) is 1.33. The van der Waals surface area contributed by atoms with Gasteiger partial charge in [-0.1, -0.05) is 0 Å². The molecule has 0 aromatic rings. The number of hydrogen-bond acceptors (Lipinski definition) is 3. The van der Waals surface area contributed by atoms with Gasteiger partial charge in [-0.25, -0.2) is 0 Å². The zero-order chi connectivity index (χ0) is 7.40. The molecule has 1 aliphatic heterocycles. The summed E-state index contributed by atoms with van der Waals surface area (Å²) in [5.41, 5.74) is 0. The van der Waals surface area contributed by atoms with E-state index in [1.165, 1.54) is 0 Å². The normalized spacial score (nSPS) is 28.9. The van der Waals surface area contributed by atoms with E-state index in [9.17, 15) is 0 Å². The smallest absolute Gasteiger partial charge is 0.195 e. The van der Waals surface area contributed by atoms with Crippen LogP contribution in [0.15, 0.2) is 0 Å². The topological polar surface area (TPSA) is 44.8 Å². The summed E-state index contributed by atoms with van der Waals surface area (Å²) < 4.78 is 4.98. The van der Waals surface area contributed by atoms with Gasteiger partial charge in [0.05, 0.1) is 13.2 Å².